The van der Waals surface area contributed by atoms with Crippen molar-refractivity contribution in [1.29, 1.82) is 0 Å². The summed E-state index contributed by atoms with van der Waals surface area (Å²) in [6.07, 6.45) is 3.48. The minimum Gasteiger partial charge on any atom is -0.361 e. The molecule has 5 nitrogen and oxygen atoms in total. The highest BCUT2D eigenvalue weighted by Crippen LogP contribution is 2.26. The maximum atomic E-state index is 11.5. The van der Waals surface area contributed by atoms with Crippen LogP contribution in [0.15, 0.2) is 73.1 Å². The number of hydroxylamine groups is 1. The molecule has 0 bridgehead atoms. The predicted octanol–water partition coefficient (Wildman–Crippen LogP) is 4.02. The Balaban J connectivity index is 1.67. The topological polar surface area (TPSA) is 78.0 Å². The molecule has 0 aliphatic rings. The third kappa shape index (κ3) is 2.88. The molecule has 0 aliphatic heterocycles. The molecule has 0 atom stereocenters. The lowest BCUT2D eigenvalue weighted by Crippen LogP contribution is -2.18. The van der Waals surface area contributed by atoms with Crippen molar-refractivity contribution >= 4 is 16.8 Å². The molecule has 2 aromatic heterocycles. The van der Waals surface area contributed by atoms with Crippen LogP contribution in [0.3, 0.4) is 0 Å². The number of nitrogens with one attached hydrogen (secondary N) is 2. The number of hydrogen-bond donors (Lipinski definition) is 3. The van der Waals surface area contributed by atoms with Gasteiger partial charge in [0.15, 0.2) is 0 Å². The third-order valence-corrected chi connectivity index (χ3v) is 4.19. The summed E-state index contributed by atoms with van der Waals surface area (Å²) in [5.74, 6) is -0.555. The number of carbonyl (C=O) groups is 1. The molecule has 122 valence electrons. The highest BCUT2D eigenvalue weighted by molar-refractivity contribution is 5.94. The molecule has 0 saturated heterocycles. The Morgan fingerprint density at radius 3 is 2.48 bits per heavy atom. The van der Waals surface area contributed by atoms with E-state index in [-0.39, 0.29) is 0 Å². The Kier molecular flexibility index (Phi) is 3.76. The number of carbonyl (C=O) groups excluding carboxylic acids is 1. The highest BCUT2D eigenvalue weighted by Gasteiger charge is 2.07. The second-order valence-corrected chi connectivity index (χ2v) is 5.73. The number of hydrogen-bond acceptors (Lipinski definition) is 3. The molecule has 3 N–H and O–H groups in total. The molecule has 25 heavy (non-hydrogen) atoms. The van der Waals surface area contributed by atoms with Gasteiger partial charge in [0.1, 0.15) is 0 Å². The van der Waals surface area contributed by atoms with Crippen LogP contribution in [0.2, 0.25) is 0 Å². The number of aromatic nitrogens is 2. The lowest BCUT2D eigenvalue weighted by atomic mass is 10.0. The van der Waals surface area contributed by atoms with Crippen LogP contribution in [0, 0.1) is 0 Å². The molecule has 1 amide bonds. The average Bonchev–Trinajstić information content (AvgIpc) is 3.15. The van der Waals surface area contributed by atoms with Gasteiger partial charge in [-0.25, -0.2) is 5.48 Å². The van der Waals surface area contributed by atoms with E-state index >= 15 is 0 Å². The van der Waals surface area contributed by atoms with Crippen molar-refractivity contribution in [3.8, 4) is 22.4 Å². The van der Waals surface area contributed by atoms with E-state index in [0.29, 0.717) is 11.3 Å². The van der Waals surface area contributed by atoms with Crippen LogP contribution in [-0.4, -0.2) is 21.1 Å². The largest absolute Gasteiger partial charge is 0.361 e. The van der Waals surface area contributed by atoms with Gasteiger partial charge in [0.25, 0.3) is 5.91 Å². The molecule has 5 heteroatoms. The summed E-state index contributed by atoms with van der Waals surface area (Å²) in [4.78, 5) is 19.0. The van der Waals surface area contributed by atoms with E-state index in [1.165, 1.54) is 5.39 Å². The van der Waals surface area contributed by atoms with Crippen LogP contribution in [0.1, 0.15) is 10.4 Å². The van der Waals surface area contributed by atoms with Crippen LogP contribution < -0.4 is 5.48 Å². The quantitative estimate of drug-likeness (QED) is 0.392. The molecular formula is C20H15N3O2. The molecule has 2 aromatic carbocycles. The first-order valence-electron chi connectivity index (χ1n) is 7.83. The van der Waals surface area contributed by atoms with E-state index in [4.69, 9.17) is 5.21 Å². The zero-order valence-corrected chi connectivity index (χ0v) is 13.2. The average molecular weight is 329 g/mol. The van der Waals surface area contributed by atoms with Gasteiger partial charge >= 0.3 is 0 Å². The molecule has 0 spiro atoms. The molecule has 0 saturated carbocycles. The Hall–Kier alpha value is -3.44. The fraction of sp³-hybridized carbons (Fsp3) is 0. The van der Waals surface area contributed by atoms with E-state index in [9.17, 15) is 4.79 Å². The number of amides is 1. The van der Waals surface area contributed by atoms with Crippen LogP contribution in [0.5, 0.6) is 0 Å². The highest BCUT2D eigenvalue weighted by atomic mass is 16.5. The molecule has 4 aromatic rings. The smallest absolute Gasteiger partial charge is 0.274 e. The minimum atomic E-state index is -0.555. The number of aromatic amines is 1. The van der Waals surface area contributed by atoms with E-state index in [2.05, 4.69) is 34.2 Å². The standard InChI is InChI=1S/C20H15N3O2/c24-20(23-25)17-8-10-22-19(12-17)14-3-1-13(2-4-14)15-5-6-18-16(11-15)7-9-21-18/h1-12,21,25H,(H,23,24). The van der Waals surface area contributed by atoms with E-state index in [0.717, 1.165) is 22.2 Å². The summed E-state index contributed by atoms with van der Waals surface area (Å²) in [5, 5.41) is 9.92. The Labute approximate surface area is 143 Å². The molecular weight excluding hydrogens is 314 g/mol. The number of rotatable bonds is 3. The maximum absolute atomic E-state index is 11.5. The summed E-state index contributed by atoms with van der Waals surface area (Å²) >= 11 is 0. The first kappa shape index (κ1) is 15.1. The van der Waals surface area contributed by atoms with Crippen molar-refractivity contribution in [2.45, 2.75) is 0 Å². The number of nitrogens with zero attached hydrogens (tertiary/aromatic N) is 1. The van der Waals surface area contributed by atoms with Gasteiger partial charge in [-0.05, 0) is 46.8 Å². The number of fused-ring (bicyclic) bond motifs is 1. The lowest BCUT2D eigenvalue weighted by Gasteiger charge is -2.06. The molecule has 0 fully saturated rings. The van der Waals surface area contributed by atoms with Crippen molar-refractivity contribution in [2.75, 3.05) is 0 Å². The van der Waals surface area contributed by atoms with Crippen molar-refractivity contribution in [1.82, 2.24) is 15.4 Å². The second-order valence-electron chi connectivity index (χ2n) is 5.73. The molecule has 0 unspecified atom stereocenters. The summed E-state index contributed by atoms with van der Waals surface area (Å²) in [6, 6.07) is 19.5. The monoisotopic (exact) mass is 329 g/mol. The fourth-order valence-corrected chi connectivity index (χ4v) is 2.86. The zero-order chi connectivity index (χ0) is 17.2. The number of benzene rings is 2. The van der Waals surface area contributed by atoms with Crippen LogP contribution in [0.4, 0.5) is 0 Å². The van der Waals surface area contributed by atoms with Crippen molar-refractivity contribution in [3.05, 3.63) is 78.6 Å². The fourth-order valence-electron chi connectivity index (χ4n) is 2.86. The Morgan fingerprint density at radius 1 is 0.920 bits per heavy atom. The Bertz CT molecular complexity index is 1050. The molecule has 0 aliphatic carbocycles. The van der Waals surface area contributed by atoms with Crippen molar-refractivity contribution in [3.63, 3.8) is 0 Å². The van der Waals surface area contributed by atoms with Crippen molar-refractivity contribution < 1.29 is 10.0 Å². The van der Waals surface area contributed by atoms with Crippen LogP contribution in [0.25, 0.3) is 33.3 Å². The van der Waals surface area contributed by atoms with Crippen molar-refractivity contribution in [2.24, 2.45) is 0 Å². The first-order chi connectivity index (χ1) is 12.2. The van der Waals surface area contributed by atoms with Gasteiger partial charge in [0.2, 0.25) is 0 Å². The van der Waals surface area contributed by atoms with Crippen LogP contribution >= 0.6 is 0 Å². The van der Waals surface area contributed by atoms with Gasteiger partial charge < -0.3 is 4.98 Å². The number of H-pyrrole nitrogens is 1. The van der Waals surface area contributed by atoms with Gasteiger partial charge in [-0.15, -0.1) is 0 Å². The normalized spacial score (nSPS) is 10.8. The molecule has 0 radical (unpaired) electrons. The Morgan fingerprint density at radius 2 is 1.68 bits per heavy atom. The first-order valence-corrected chi connectivity index (χ1v) is 7.83. The number of pyridine rings is 1. The summed E-state index contributed by atoms with van der Waals surface area (Å²) in [6.45, 7) is 0. The zero-order valence-electron chi connectivity index (χ0n) is 13.2. The molecule has 4 rings (SSSR count). The van der Waals surface area contributed by atoms with Gasteiger partial charge in [-0.2, -0.15) is 0 Å². The van der Waals surface area contributed by atoms with Crippen LogP contribution in [-0.2, 0) is 0 Å². The summed E-state index contributed by atoms with van der Waals surface area (Å²) < 4.78 is 0. The van der Waals surface area contributed by atoms with Gasteiger partial charge in [-0.3, -0.25) is 15.0 Å². The van der Waals surface area contributed by atoms with Gasteiger partial charge in [0, 0.05) is 29.0 Å². The van der Waals surface area contributed by atoms with E-state index in [1.807, 2.05) is 30.5 Å². The second kappa shape index (κ2) is 6.22. The van der Waals surface area contributed by atoms with Gasteiger partial charge in [-0.1, -0.05) is 30.3 Å². The summed E-state index contributed by atoms with van der Waals surface area (Å²) in [7, 11) is 0. The van der Waals surface area contributed by atoms with Gasteiger partial charge in [0.05, 0.1) is 5.69 Å². The predicted molar refractivity (Wildman–Crippen MR) is 96.2 cm³/mol. The maximum Gasteiger partial charge on any atom is 0.274 e. The van der Waals surface area contributed by atoms with E-state index < -0.39 is 5.91 Å². The minimum absolute atomic E-state index is 0.356. The third-order valence-electron chi connectivity index (χ3n) is 4.19. The molecule has 2 heterocycles. The van der Waals surface area contributed by atoms with E-state index in [1.54, 1.807) is 23.8 Å². The summed E-state index contributed by atoms with van der Waals surface area (Å²) in [5.41, 5.74) is 6.93. The lowest BCUT2D eigenvalue weighted by molar-refractivity contribution is 0.0706. The SMILES string of the molecule is O=C(NO)c1ccnc(-c2ccc(-c3ccc4[nH]ccc4c3)cc2)c1.